The van der Waals surface area contributed by atoms with Crippen LogP contribution in [0.2, 0.25) is 5.02 Å². The molecular weight excluding hydrogens is 595 g/mol. The summed E-state index contributed by atoms with van der Waals surface area (Å²) in [6.45, 7) is 2.21. The molecule has 1 aromatic carbocycles. The first-order valence-electron chi connectivity index (χ1n) is 14.4. The molecule has 1 atom stereocenters. The summed E-state index contributed by atoms with van der Waals surface area (Å²) in [6.07, 6.45) is 1.72. The second-order valence-electron chi connectivity index (χ2n) is 11.6. The zero-order valence-electron chi connectivity index (χ0n) is 23.4. The minimum Gasteiger partial charge on any atom is -0.445 e. The topological polar surface area (TPSA) is 113 Å². The molecule has 3 aromatic heterocycles. The average Bonchev–Trinajstić information content (AvgIpc) is 3.38. The molecule has 0 spiro atoms. The SMILES string of the molecule is N#CC1(Cc2cc(-c3nnc(C(F)(F)F)[nH]3)cnc2CN2CCC(c3cccc4c3O[C@@H](c3ccc(Cl)cn3)O4)CC2)CC1. The predicted octanol–water partition coefficient (Wildman–Crippen LogP) is 6.63. The number of nitrogens with one attached hydrogen (secondary N) is 1. The maximum atomic E-state index is 13.1. The number of pyridine rings is 2. The highest BCUT2D eigenvalue weighted by Gasteiger charge is 2.44. The predicted molar refractivity (Wildman–Crippen MR) is 153 cm³/mol. The van der Waals surface area contributed by atoms with Gasteiger partial charge in [0.25, 0.3) is 6.29 Å². The van der Waals surface area contributed by atoms with Crippen molar-refractivity contribution in [2.24, 2.45) is 5.41 Å². The second-order valence-corrected chi connectivity index (χ2v) is 12.0. The number of halogens is 4. The van der Waals surface area contributed by atoms with E-state index in [0.717, 1.165) is 61.3 Å². The third-order valence-electron chi connectivity index (χ3n) is 8.57. The van der Waals surface area contributed by atoms with Crippen LogP contribution in [0.3, 0.4) is 0 Å². The van der Waals surface area contributed by atoms with Gasteiger partial charge in [0.1, 0.15) is 5.69 Å². The van der Waals surface area contributed by atoms with Gasteiger partial charge in [-0.05, 0) is 80.9 Å². The molecule has 5 heterocycles. The number of aromatic nitrogens is 5. The van der Waals surface area contributed by atoms with Crippen LogP contribution in [-0.2, 0) is 19.1 Å². The van der Waals surface area contributed by atoms with Crippen molar-refractivity contribution in [1.82, 2.24) is 30.0 Å². The van der Waals surface area contributed by atoms with Gasteiger partial charge in [-0.15, -0.1) is 10.2 Å². The largest absolute Gasteiger partial charge is 0.451 e. The van der Waals surface area contributed by atoms with E-state index in [4.69, 9.17) is 21.1 Å². The van der Waals surface area contributed by atoms with Crippen LogP contribution in [0.1, 0.15) is 66.2 Å². The maximum absolute atomic E-state index is 13.1. The normalized spacial score (nSPS) is 19.6. The van der Waals surface area contributed by atoms with Crippen LogP contribution in [0.4, 0.5) is 13.2 Å². The Balaban J connectivity index is 1.05. The minimum absolute atomic E-state index is 0.00378. The molecule has 0 amide bonds. The Labute approximate surface area is 256 Å². The average molecular weight is 622 g/mol. The van der Waals surface area contributed by atoms with Gasteiger partial charge in [0.05, 0.1) is 22.2 Å². The van der Waals surface area contributed by atoms with Gasteiger partial charge in [0.15, 0.2) is 17.3 Å². The summed E-state index contributed by atoms with van der Waals surface area (Å²) in [5.41, 5.74) is 3.38. The summed E-state index contributed by atoms with van der Waals surface area (Å²) in [7, 11) is 0. The lowest BCUT2D eigenvalue weighted by molar-refractivity contribution is -0.144. The summed E-state index contributed by atoms with van der Waals surface area (Å²) in [5.74, 6) is 0.561. The number of rotatable bonds is 7. The Morgan fingerprint density at radius 1 is 1.07 bits per heavy atom. The van der Waals surface area contributed by atoms with Crippen molar-refractivity contribution in [3.8, 4) is 29.0 Å². The molecule has 2 fully saturated rings. The zero-order chi connectivity index (χ0) is 30.5. The monoisotopic (exact) mass is 621 g/mol. The van der Waals surface area contributed by atoms with Gasteiger partial charge >= 0.3 is 6.18 Å². The van der Waals surface area contributed by atoms with Crippen molar-refractivity contribution in [3.63, 3.8) is 0 Å². The van der Waals surface area contributed by atoms with E-state index in [2.05, 4.69) is 42.2 Å². The number of hydrogen-bond acceptors (Lipinski definition) is 8. The number of nitrogens with zero attached hydrogens (tertiary/aromatic N) is 6. The third kappa shape index (κ3) is 5.69. The molecular formula is C31H27ClF3N7O2. The van der Waals surface area contributed by atoms with E-state index in [-0.39, 0.29) is 11.7 Å². The fraction of sp³-hybridized carbons (Fsp3) is 0.387. The van der Waals surface area contributed by atoms with Crippen molar-refractivity contribution in [1.29, 1.82) is 5.26 Å². The highest BCUT2D eigenvalue weighted by atomic mass is 35.5. The molecule has 1 saturated heterocycles. The lowest BCUT2D eigenvalue weighted by Crippen LogP contribution is -2.33. The molecule has 13 heteroatoms. The summed E-state index contributed by atoms with van der Waals surface area (Å²) in [6, 6.07) is 13.7. The molecule has 0 radical (unpaired) electrons. The molecule has 0 bridgehead atoms. The fourth-order valence-corrected chi connectivity index (χ4v) is 6.02. The number of fused-ring (bicyclic) bond motifs is 1. The first-order chi connectivity index (χ1) is 21.2. The Bertz CT molecular complexity index is 1730. The number of ether oxygens (including phenoxy) is 2. The molecule has 4 aromatic rings. The van der Waals surface area contributed by atoms with Gasteiger partial charge < -0.3 is 14.5 Å². The second kappa shape index (κ2) is 11.1. The fourth-order valence-electron chi connectivity index (χ4n) is 5.91. The van der Waals surface area contributed by atoms with Crippen LogP contribution in [0.25, 0.3) is 11.4 Å². The van der Waals surface area contributed by atoms with Gasteiger partial charge in [-0.1, -0.05) is 23.7 Å². The summed E-state index contributed by atoms with van der Waals surface area (Å²) >= 11 is 5.98. The van der Waals surface area contributed by atoms with Crippen LogP contribution < -0.4 is 9.47 Å². The third-order valence-corrected chi connectivity index (χ3v) is 8.79. The number of nitriles is 1. The van der Waals surface area contributed by atoms with Crippen molar-refractivity contribution in [2.45, 2.75) is 57.0 Å². The molecule has 1 N–H and O–H groups in total. The van der Waals surface area contributed by atoms with Crippen LogP contribution in [0.5, 0.6) is 11.5 Å². The summed E-state index contributed by atoms with van der Waals surface area (Å²) in [4.78, 5) is 13.6. The zero-order valence-corrected chi connectivity index (χ0v) is 24.2. The molecule has 44 heavy (non-hydrogen) atoms. The number of para-hydroxylation sites is 1. The van der Waals surface area contributed by atoms with Crippen LogP contribution in [0.15, 0.2) is 48.8 Å². The minimum atomic E-state index is -4.62. The van der Waals surface area contributed by atoms with Crippen molar-refractivity contribution < 1.29 is 22.6 Å². The number of H-pyrrole nitrogens is 1. The van der Waals surface area contributed by atoms with Crippen molar-refractivity contribution in [2.75, 3.05) is 13.1 Å². The van der Waals surface area contributed by atoms with Gasteiger partial charge in [-0.2, -0.15) is 18.4 Å². The van der Waals surface area contributed by atoms with E-state index in [1.165, 1.54) is 6.20 Å². The number of aromatic amines is 1. The summed E-state index contributed by atoms with van der Waals surface area (Å²) < 4.78 is 51.6. The molecule has 226 valence electrons. The van der Waals surface area contributed by atoms with Crippen LogP contribution >= 0.6 is 11.6 Å². The van der Waals surface area contributed by atoms with Crippen molar-refractivity contribution >= 4 is 11.6 Å². The Hall–Kier alpha value is -4.21. The molecule has 7 rings (SSSR count). The highest BCUT2D eigenvalue weighted by molar-refractivity contribution is 6.30. The summed E-state index contributed by atoms with van der Waals surface area (Å²) in [5, 5.41) is 17.2. The van der Waals surface area contributed by atoms with E-state index in [1.807, 2.05) is 12.1 Å². The number of benzene rings is 1. The van der Waals surface area contributed by atoms with Gasteiger partial charge in [0.2, 0.25) is 5.82 Å². The molecule has 1 aliphatic carbocycles. The van der Waals surface area contributed by atoms with Gasteiger partial charge in [-0.25, -0.2) is 0 Å². The van der Waals surface area contributed by atoms with Crippen molar-refractivity contribution in [3.05, 3.63) is 82.2 Å². The number of alkyl halides is 3. The lowest BCUT2D eigenvalue weighted by atomic mass is 9.88. The Morgan fingerprint density at radius 3 is 2.57 bits per heavy atom. The van der Waals surface area contributed by atoms with E-state index in [9.17, 15) is 18.4 Å². The quantitative estimate of drug-likeness (QED) is 0.245. The van der Waals surface area contributed by atoms with E-state index >= 15 is 0 Å². The first-order valence-corrected chi connectivity index (χ1v) is 14.8. The van der Waals surface area contributed by atoms with E-state index in [1.54, 1.807) is 24.4 Å². The molecule has 0 unspecified atom stereocenters. The maximum Gasteiger partial charge on any atom is 0.451 e. The smallest absolute Gasteiger partial charge is 0.445 e. The Morgan fingerprint density at radius 2 is 1.89 bits per heavy atom. The standard InChI is InChI=1S/C31H27ClF3N7O2/c32-21-4-5-23(38-15-21)28-43-25-3-1-2-22(26(25)44-28)18-6-10-42(11-7-18)16-24-19(13-30(17-36)8-9-30)12-20(14-37-24)27-39-29(41-40-27)31(33,34)35/h1-5,12,14-15,18,28H,6-11,13,16H2,(H,39,40,41)/t28-/m0/s1. The molecule has 3 aliphatic rings. The molecule has 1 saturated carbocycles. The van der Waals surface area contributed by atoms with E-state index < -0.39 is 23.7 Å². The number of likely N-dealkylation sites (tertiary alicyclic amines) is 1. The van der Waals surface area contributed by atoms with Crippen LogP contribution in [0, 0.1) is 16.7 Å². The Kier molecular flexibility index (Phi) is 7.17. The van der Waals surface area contributed by atoms with Gasteiger partial charge in [-0.3, -0.25) is 14.9 Å². The molecule has 2 aliphatic heterocycles. The number of piperidine rings is 1. The van der Waals surface area contributed by atoms with Crippen LogP contribution in [-0.4, -0.2) is 43.1 Å². The van der Waals surface area contributed by atoms with Gasteiger partial charge in [0, 0.05) is 30.1 Å². The first kappa shape index (κ1) is 28.6. The molecule has 9 nitrogen and oxygen atoms in total. The van der Waals surface area contributed by atoms with E-state index in [0.29, 0.717) is 35.0 Å². The number of hydrogen-bond donors (Lipinski definition) is 1. The highest BCUT2D eigenvalue weighted by Crippen LogP contribution is 2.49. The lowest BCUT2D eigenvalue weighted by Gasteiger charge is -2.32.